The first kappa shape index (κ1) is 21.1. The monoisotopic (exact) mass is 438 g/mol. The topological polar surface area (TPSA) is 47.9 Å². The van der Waals surface area contributed by atoms with Crippen molar-refractivity contribution < 1.29 is 4.79 Å². The zero-order valence-electron chi connectivity index (χ0n) is 15.2. The van der Waals surface area contributed by atoms with E-state index in [1.807, 2.05) is 24.3 Å². The second kappa shape index (κ2) is 10.2. The third-order valence-electron chi connectivity index (χ3n) is 4.57. The van der Waals surface area contributed by atoms with Gasteiger partial charge >= 0.3 is 0 Å². The average Bonchev–Trinajstić information content (AvgIpc) is 2.67. The van der Waals surface area contributed by atoms with Crippen molar-refractivity contribution in [3.05, 3.63) is 68.7 Å². The van der Waals surface area contributed by atoms with E-state index in [4.69, 9.17) is 34.8 Å². The quantitative estimate of drug-likeness (QED) is 0.548. The van der Waals surface area contributed by atoms with Gasteiger partial charge in [0.2, 0.25) is 0 Å². The Kier molecular flexibility index (Phi) is 7.71. The number of piperazine rings is 1. The summed E-state index contributed by atoms with van der Waals surface area (Å²) in [6.45, 7) is 4.53. The van der Waals surface area contributed by atoms with Crippen LogP contribution in [-0.4, -0.2) is 54.6 Å². The van der Waals surface area contributed by atoms with Crippen LogP contribution in [0.5, 0.6) is 0 Å². The first-order valence-corrected chi connectivity index (χ1v) is 10.1. The highest BCUT2D eigenvalue weighted by molar-refractivity contribution is 6.38. The van der Waals surface area contributed by atoms with Crippen LogP contribution < -0.4 is 5.43 Å². The van der Waals surface area contributed by atoms with E-state index in [0.717, 1.165) is 43.3 Å². The van der Waals surface area contributed by atoms with Gasteiger partial charge in [0.25, 0.3) is 5.91 Å². The maximum atomic E-state index is 12.1. The minimum Gasteiger partial charge on any atom is -0.296 e. The van der Waals surface area contributed by atoms with E-state index in [9.17, 15) is 4.79 Å². The molecule has 1 aliphatic heterocycles. The van der Waals surface area contributed by atoms with Crippen LogP contribution in [0.15, 0.2) is 47.6 Å². The third-order valence-corrected chi connectivity index (χ3v) is 5.59. The number of amides is 1. The first-order chi connectivity index (χ1) is 13.5. The molecular formula is C20H21Cl3N4O. The lowest BCUT2D eigenvalue weighted by molar-refractivity contribution is -0.122. The van der Waals surface area contributed by atoms with E-state index < -0.39 is 0 Å². The molecule has 1 heterocycles. The Morgan fingerprint density at radius 1 is 0.929 bits per heavy atom. The van der Waals surface area contributed by atoms with Crippen LogP contribution in [0.4, 0.5) is 0 Å². The number of rotatable bonds is 6. The highest BCUT2D eigenvalue weighted by atomic mass is 35.5. The number of benzene rings is 2. The van der Waals surface area contributed by atoms with Gasteiger partial charge in [-0.15, -0.1) is 0 Å². The minimum absolute atomic E-state index is 0.168. The predicted octanol–water partition coefficient (Wildman–Crippen LogP) is 3.91. The molecule has 0 bridgehead atoms. The van der Waals surface area contributed by atoms with E-state index in [1.165, 1.54) is 6.21 Å². The second-order valence-corrected chi connectivity index (χ2v) is 7.79. The normalized spacial score (nSPS) is 15.8. The summed E-state index contributed by atoms with van der Waals surface area (Å²) in [7, 11) is 0. The molecule has 2 aromatic carbocycles. The van der Waals surface area contributed by atoms with Crippen LogP contribution in [0.25, 0.3) is 0 Å². The fourth-order valence-corrected chi connectivity index (χ4v) is 3.70. The lowest BCUT2D eigenvalue weighted by atomic mass is 10.2. The first-order valence-electron chi connectivity index (χ1n) is 8.97. The van der Waals surface area contributed by atoms with Gasteiger partial charge in [0.05, 0.1) is 22.8 Å². The van der Waals surface area contributed by atoms with E-state index in [0.29, 0.717) is 22.2 Å². The smallest absolute Gasteiger partial charge is 0.254 e. The van der Waals surface area contributed by atoms with Crippen LogP contribution in [0.2, 0.25) is 15.1 Å². The van der Waals surface area contributed by atoms with Crippen molar-refractivity contribution in [1.29, 1.82) is 0 Å². The van der Waals surface area contributed by atoms with Crippen molar-refractivity contribution in [2.24, 2.45) is 5.10 Å². The molecule has 0 aromatic heterocycles. The van der Waals surface area contributed by atoms with Gasteiger partial charge in [-0.3, -0.25) is 14.6 Å². The zero-order chi connectivity index (χ0) is 19.9. The molecule has 148 valence electrons. The molecule has 2 aromatic rings. The number of halogens is 3. The zero-order valence-corrected chi connectivity index (χ0v) is 17.5. The third kappa shape index (κ3) is 5.93. The molecule has 0 radical (unpaired) electrons. The van der Waals surface area contributed by atoms with Gasteiger partial charge in [-0.25, -0.2) is 5.43 Å². The number of carbonyl (C=O) groups is 1. The van der Waals surface area contributed by atoms with Crippen LogP contribution in [-0.2, 0) is 11.3 Å². The van der Waals surface area contributed by atoms with E-state index in [-0.39, 0.29) is 5.91 Å². The number of hydrogen-bond donors (Lipinski definition) is 1. The van der Waals surface area contributed by atoms with E-state index in [2.05, 4.69) is 20.3 Å². The highest BCUT2D eigenvalue weighted by Gasteiger charge is 2.19. The van der Waals surface area contributed by atoms with Gasteiger partial charge in [0.15, 0.2) is 0 Å². The van der Waals surface area contributed by atoms with Crippen molar-refractivity contribution in [2.45, 2.75) is 6.54 Å². The molecule has 8 heteroatoms. The van der Waals surface area contributed by atoms with E-state index >= 15 is 0 Å². The van der Waals surface area contributed by atoms with Crippen LogP contribution in [0.3, 0.4) is 0 Å². The van der Waals surface area contributed by atoms with Gasteiger partial charge in [0.1, 0.15) is 0 Å². The Morgan fingerprint density at radius 3 is 2.21 bits per heavy atom. The Labute approximate surface area is 179 Å². The van der Waals surface area contributed by atoms with Crippen LogP contribution in [0.1, 0.15) is 11.1 Å². The lowest BCUT2D eigenvalue weighted by Gasteiger charge is -2.34. The van der Waals surface area contributed by atoms with Gasteiger partial charge in [-0.05, 0) is 23.8 Å². The largest absolute Gasteiger partial charge is 0.296 e. The lowest BCUT2D eigenvalue weighted by Crippen LogP contribution is -2.48. The molecule has 1 saturated heterocycles. The minimum atomic E-state index is -0.168. The van der Waals surface area contributed by atoms with Crippen molar-refractivity contribution in [2.75, 3.05) is 32.7 Å². The molecule has 3 rings (SSSR count). The summed E-state index contributed by atoms with van der Waals surface area (Å²) in [5, 5.41) is 5.73. The second-order valence-electron chi connectivity index (χ2n) is 6.57. The highest BCUT2D eigenvalue weighted by Crippen LogP contribution is 2.22. The number of hydrogen-bond acceptors (Lipinski definition) is 4. The number of nitrogens with one attached hydrogen (secondary N) is 1. The number of carbonyl (C=O) groups excluding carboxylic acids is 1. The summed E-state index contributed by atoms with van der Waals surface area (Å²) in [5.74, 6) is -0.168. The standard InChI is InChI=1S/C20H21Cl3N4O/c21-17-5-2-1-4-15(17)13-26-8-10-27(11-9-26)14-20(28)25-24-12-16-18(22)6-3-7-19(16)23/h1-7,12H,8-11,13-14H2,(H,25,28)/b24-12+. The summed E-state index contributed by atoms with van der Waals surface area (Å²) < 4.78 is 0. The van der Waals surface area contributed by atoms with Crippen LogP contribution >= 0.6 is 34.8 Å². The molecule has 1 aliphatic rings. The molecule has 1 fully saturated rings. The maximum absolute atomic E-state index is 12.1. The van der Waals surface area contributed by atoms with Gasteiger partial charge in [-0.2, -0.15) is 5.10 Å². The van der Waals surface area contributed by atoms with E-state index in [1.54, 1.807) is 18.2 Å². The number of hydrazone groups is 1. The molecule has 28 heavy (non-hydrogen) atoms. The molecule has 0 saturated carbocycles. The summed E-state index contributed by atoms with van der Waals surface area (Å²) in [6.07, 6.45) is 1.46. The number of nitrogens with zero attached hydrogens (tertiary/aromatic N) is 3. The Bertz CT molecular complexity index is 831. The summed E-state index contributed by atoms with van der Waals surface area (Å²) in [6, 6.07) is 13.1. The fourth-order valence-electron chi connectivity index (χ4n) is 3.01. The molecule has 5 nitrogen and oxygen atoms in total. The van der Waals surface area contributed by atoms with Gasteiger partial charge in [0, 0.05) is 43.3 Å². The Hall–Kier alpha value is -1.63. The Morgan fingerprint density at radius 2 is 1.54 bits per heavy atom. The van der Waals surface area contributed by atoms with Crippen molar-refractivity contribution in [3.63, 3.8) is 0 Å². The fraction of sp³-hybridized carbons (Fsp3) is 0.300. The average molecular weight is 440 g/mol. The summed E-state index contributed by atoms with van der Waals surface area (Å²) in [5.41, 5.74) is 4.24. The van der Waals surface area contributed by atoms with Gasteiger partial charge < -0.3 is 0 Å². The SMILES string of the molecule is O=C(CN1CCN(Cc2ccccc2Cl)CC1)N/N=C/c1c(Cl)cccc1Cl. The molecule has 1 amide bonds. The maximum Gasteiger partial charge on any atom is 0.254 e. The van der Waals surface area contributed by atoms with Crippen molar-refractivity contribution in [1.82, 2.24) is 15.2 Å². The summed E-state index contributed by atoms with van der Waals surface area (Å²) in [4.78, 5) is 16.6. The Balaban J connectivity index is 1.42. The van der Waals surface area contributed by atoms with Crippen molar-refractivity contribution >= 4 is 46.9 Å². The molecule has 0 atom stereocenters. The molecule has 1 N–H and O–H groups in total. The van der Waals surface area contributed by atoms with Gasteiger partial charge in [-0.1, -0.05) is 59.1 Å². The molecule has 0 aliphatic carbocycles. The molecule has 0 spiro atoms. The summed E-state index contributed by atoms with van der Waals surface area (Å²) >= 11 is 18.4. The molecular weight excluding hydrogens is 419 g/mol. The van der Waals surface area contributed by atoms with Crippen LogP contribution in [0, 0.1) is 0 Å². The molecule has 0 unspecified atom stereocenters. The van der Waals surface area contributed by atoms with Crippen molar-refractivity contribution in [3.8, 4) is 0 Å². The predicted molar refractivity (Wildman–Crippen MR) is 115 cm³/mol.